The van der Waals surface area contributed by atoms with Crippen LogP contribution in [0.4, 0.5) is 0 Å². The van der Waals surface area contributed by atoms with Crippen molar-refractivity contribution in [3.05, 3.63) is 0 Å². The van der Waals surface area contributed by atoms with E-state index in [0.717, 1.165) is 39.0 Å². The fraction of sp³-hybridized carbons (Fsp3) is 0.933. The Balaban J connectivity index is 1.62. The second-order valence-corrected chi connectivity index (χ2v) is 5.73. The number of hydrogen-bond donors (Lipinski definition) is 2. The van der Waals surface area contributed by atoms with Crippen LogP contribution in [0.25, 0.3) is 0 Å². The van der Waals surface area contributed by atoms with Crippen molar-refractivity contribution in [3.8, 4) is 0 Å². The Morgan fingerprint density at radius 2 is 2.19 bits per heavy atom. The van der Waals surface area contributed by atoms with Gasteiger partial charge in [0.1, 0.15) is 6.10 Å². The second kappa shape index (κ2) is 8.56. The summed E-state index contributed by atoms with van der Waals surface area (Å²) < 4.78 is 17.2. The molecule has 1 aliphatic carbocycles. The van der Waals surface area contributed by atoms with Gasteiger partial charge in [-0.3, -0.25) is 4.99 Å². The Hall–Kier alpha value is -0.850. The van der Waals surface area contributed by atoms with E-state index in [9.17, 15) is 0 Å². The van der Waals surface area contributed by atoms with E-state index in [4.69, 9.17) is 19.9 Å². The topological polar surface area (TPSA) is 78.1 Å². The largest absolute Gasteiger partial charge is 0.382 e. The molecule has 1 spiro atoms. The van der Waals surface area contributed by atoms with Crippen molar-refractivity contribution < 1.29 is 14.2 Å². The van der Waals surface area contributed by atoms with Crippen LogP contribution in [-0.2, 0) is 14.2 Å². The first-order chi connectivity index (χ1) is 10.2. The van der Waals surface area contributed by atoms with Gasteiger partial charge in [0.25, 0.3) is 0 Å². The zero-order valence-corrected chi connectivity index (χ0v) is 13.1. The lowest BCUT2D eigenvalue weighted by Gasteiger charge is -2.31. The summed E-state index contributed by atoms with van der Waals surface area (Å²) in [5.41, 5.74) is 5.84. The van der Waals surface area contributed by atoms with Crippen molar-refractivity contribution in [2.45, 2.75) is 57.3 Å². The molecule has 0 bridgehead atoms. The van der Waals surface area contributed by atoms with Gasteiger partial charge in [0.05, 0.1) is 13.2 Å². The van der Waals surface area contributed by atoms with Crippen LogP contribution in [0.2, 0.25) is 0 Å². The Morgan fingerprint density at radius 1 is 1.38 bits per heavy atom. The number of hydrogen-bond acceptors (Lipinski definition) is 4. The predicted molar refractivity (Wildman–Crippen MR) is 82.2 cm³/mol. The van der Waals surface area contributed by atoms with Gasteiger partial charge in [0.2, 0.25) is 0 Å². The number of rotatable bonds is 7. The Labute approximate surface area is 127 Å². The van der Waals surface area contributed by atoms with Gasteiger partial charge < -0.3 is 25.3 Å². The van der Waals surface area contributed by atoms with Crippen molar-refractivity contribution in [1.82, 2.24) is 5.32 Å². The first-order valence-electron chi connectivity index (χ1n) is 8.17. The van der Waals surface area contributed by atoms with E-state index in [0.29, 0.717) is 19.1 Å². The monoisotopic (exact) mass is 299 g/mol. The Morgan fingerprint density at radius 3 is 2.95 bits per heavy atom. The molecule has 0 aromatic carbocycles. The molecule has 21 heavy (non-hydrogen) atoms. The first-order valence-corrected chi connectivity index (χ1v) is 8.17. The summed E-state index contributed by atoms with van der Waals surface area (Å²) in [6.45, 7) is 5.46. The number of nitrogens with one attached hydrogen (secondary N) is 1. The van der Waals surface area contributed by atoms with E-state index < -0.39 is 0 Å². The van der Waals surface area contributed by atoms with Crippen LogP contribution in [0.1, 0.15) is 45.4 Å². The third-order valence-corrected chi connectivity index (χ3v) is 3.97. The fourth-order valence-electron chi connectivity index (χ4n) is 2.85. The smallest absolute Gasteiger partial charge is 0.188 e. The zero-order chi connectivity index (χ0) is 15.0. The molecule has 1 heterocycles. The normalized spacial score (nSPS) is 25.4. The van der Waals surface area contributed by atoms with Crippen LogP contribution in [0.3, 0.4) is 0 Å². The highest BCUT2D eigenvalue weighted by atomic mass is 16.7. The van der Waals surface area contributed by atoms with E-state index in [1.54, 1.807) is 0 Å². The quantitative estimate of drug-likeness (QED) is 0.422. The highest BCUT2D eigenvalue weighted by Gasteiger charge is 2.41. The fourth-order valence-corrected chi connectivity index (χ4v) is 2.85. The molecule has 6 heteroatoms. The van der Waals surface area contributed by atoms with Crippen molar-refractivity contribution in [2.75, 3.05) is 32.9 Å². The molecule has 0 amide bonds. The SMILES string of the molecule is CCOCCCNC(N)=NCC1COC2(CCCCC2)O1. The standard InChI is InChI=1S/C15H29N3O3/c1-2-19-10-6-9-17-14(16)18-11-13-12-20-15(21-13)7-4-3-5-8-15/h13H,2-12H2,1H3,(H3,16,17,18). The van der Waals surface area contributed by atoms with Crippen LogP contribution in [-0.4, -0.2) is 50.8 Å². The van der Waals surface area contributed by atoms with Gasteiger partial charge in [-0.15, -0.1) is 0 Å². The van der Waals surface area contributed by atoms with E-state index in [1.807, 2.05) is 6.92 Å². The van der Waals surface area contributed by atoms with Crippen molar-refractivity contribution in [1.29, 1.82) is 0 Å². The van der Waals surface area contributed by atoms with Gasteiger partial charge in [-0.2, -0.15) is 0 Å². The summed E-state index contributed by atoms with van der Waals surface area (Å²) in [5.74, 6) is 0.151. The number of ether oxygens (including phenoxy) is 3. The molecule has 0 aromatic heterocycles. The first kappa shape index (κ1) is 16.5. The number of aliphatic imine (C=N–C) groups is 1. The highest BCUT2D eigenvalue weighted by Crippen LogP contribution is 2.37. The molecule has 3 N–H and O–H groups in total. The van der Waals surface area contributed by atoms with Gasteiger partial charge in [-0.25, -0.2) is 0 Å². The molecule has 1 aliphatic heterocycles. The van der Waals surface area contributed by atoms with E-state index in [1.165, 1.54) is 19.3 Å². The highest BCUT2D eigenvalue weighted by molar-refractivity contribution is 5.77. The molecule has 122 valence electrons. The average molecular weight is 299 g/mol. The third kappa shape index (κ3) is 5.45. The van der Waals surface area contributed by atoms with E-state index in [-0.39, 0.29) is 11.9 Å². The molecule has 6 nitrogen and oxygen atoms in total. The van der Waals surface area contributed by atoms with Gasteiger partial charge in [0, 0.05) is 32.6 Å². The number of guanidine groups is 1. The van der Waals surface area contributed by atoms with Gasteiger partial charge in [-0.05, 0) is 26.2 Å². The van der Waals surface area contributed by atoms with E-state index in [2.05, 4.69) is 10.3 Å². The average Bonchev–Trinajstić information content (AvgIpc) is 2.88. The summed E-state index contributed by atoms with van der Waals surface area (Å²) in [7, 11) is 0. The van der Waals surface area contributed by atoms with Gasteiger partial charge in [0.15, 0.2) is 11.7 Å². The Kier molecular flexibility index (Phi) is 6.73. The summed E-state index contributed by atoms with van der Waals surface area (Å²) in [6.07, 6.45) is 6.66. The van der Waals surface area contributed by atoms with E-state index >= 15 is 0 Å². The maximum Gasteiger partial charge on any atom is 0.188 e. The van der Waals surface area contributed by atoms with Crippen molar-refractivity contribution in [2.24, 2.45) is 10.7 Å². The van der Waals surface area contributed by atoms with Gasteiger partial charge >= 0.3 is 0 Å². The lowest BCUT2D eigenvalue weighted by Crippen LogP contribution is -2.35. The minimum Gasteiger partial charge on any atom is -0.382 e. The summed E-state index contributed by atoms with van der Waals surface area (Å²) >= 11 is 0. The molecule has 1 unspecified atom stereocenters. The van der Waals surface area contributed by atoms with Crippen LogP contribution < -0.4 is 11.1 Å². The zero-order valence-electron chi connectivity index (χ0n) is 13.1. The lowest BCUT2D eigenvalue weighted by atomic mass is 9.94. The summed E-state index contributed by atoms with van der Waals surface area (Å²) in [4.78, 5) is 4.34. The third-order valence-electron chi connectivity index (χ3n) is 3.97. The molecule has 0 radical (unpaired) electrons. The number of nitrogens with zero attached hydrogens (tertiary/aromatic N) is 1. The van der Waals surface area contributed by atoms with Crippen molar-refractivity contribution in [3.63, 3.8) is 0 Å². The van der Waals surface area contributed by atoms with Crippen LogP contribution in [0.15, 0.2) is 4.99 Å². The van der Waals surface area contributed by atoms with Gasteiger partial charge in [-0.1, -0.05) is 6.42 Å². The molecule has 2 fully saturated rings. The van der Waals surface area contributed by atoms with Crippen molar-refractivity contribution >= 4 is 5.96 Å². The second-order valence-electron chi connectivity index (χ2n) is 5.73. The lowest BCUT2D eigenvalue weighted by molar-refractivity contribution is -0.186. The molecule has 1 saturated carbocycles. The van der Waals surface area contributed by atoms with Crippen LogP contribution >= 0.6 is 0 Å². The maximum absolute atomic E-state index is 6.07. The summed E-state index contributed by atoms with van der Waals surface area (Å²) in [5, 5.41) is 3.09. The predicted octanol–water partition coefficient (Wildman–Crippen LogP) is 1.39. The molecule has 1 saturated heterocycles. The molecule has 2 aliphatic rings. The Bertz CT molecular complexity index is 330. The maximum atomic E-state index is 6.07. The molecule has 0 aromatic rings. The summed E-state index contributed by atoms with van der Waals surface area (Å²) in [6, 6.07) is 0. The molecular weight excluding hydrogens is 270 g/mol. The molecule has 1 atom stereocenters. The minimum absolute atomic E-state index is 0.0341. The van der Waals surface area contributed by atoms with Crippen LogP contribution in [0.5, 0.6) is 0 Å². The van der Waals surface area contributed by atoms with Crippen LogP contribution in [0, 0.1) is 0 Å². The number of nitrogens with two attached hydrogens (primary N) is 1. The molecular formula is C15H29N3O3. The molecule has 2 rings (SSSR count). The minimum atomic E-state index is -0.321.